The first-order chi connectivity index (χ1) is 3.46. The Morgan fingerprint density at radius 3 is 1.00 bits per heavy atom. The van der Waals surface area contributed by atoms with E-state index in [1.807, 2.05) is 0 Å². The minimum atomic E-state index is -1.08. The van der Waals surface area contributed by atoms with Crippen molar-refractivity contribution in [3.8, 4) is 0 Å². The van der Waals surface area contributed by atoms with E-state index in [4.69, 9.17) is 19.8 Å². The molecule has 0 fully saturated rings. The molecule has 0 atom stereocenters. The first-order valence-electron chi connectivity index (χ1n) is 1.82. The molecule has 48 valence electrons. The number of hydrogen-bond donors (Lipinski definition) is 0. The maximum atomic E-state index is 8.89. The van der Waals surface area contributed by atoms with Crippen LogP contribution in [0.4, 0.5) is 0 Å². The average Bonchev–Trinajstić information content (AvgIpc) is 1.25. The van der Waals surface area contributed by atoms with Gasteiger partial charge in [-0.2, -0.15) is 0 Å². The van der Waals surface area contributed by atoms with Crippen LogP contribution in [0.5, 0.6) is 0 Å². The Balaban J connectivity index is -0.0000000300. The average molecular weight is 149 g/mol. The van der Waals surface area contributed by atoms with Crippen molar-refractivity contribution in [2.45, 2.75) is 13.8 Å². The molecule has 0 saturated heterocycles. The molecule has 10 heavy (non-hydrogen) atoms. The van der Waals surface area contributed by atoms with Crippen molar-refractivity contribution in [2.75, 3.05) is 0 Å². The number of rotatable bonds is 0. The van der Waals surface area contributed by atoms with Gasteiger partial charge in [-0.15, -0.1) is 0 Å². The van der Waals surface area contributed by atoms with E-state index < -0.39 is 11.9 Å². The quantitative estimate of drug-likeness (QED) is 0.321. The number of aliphatic carboxylic acids is 2. The predicted octanol–water partition coefficient (Wildman–Crippen LogP) is -5.86. The SMILES string of the molecule is CC(=O)[O-].CC(=O)[O-].[Li+].[Mg+2]. The summed E-state index contributed by atoms with van der Waals surface area (Å²) in [5.74, 6) is -2.17. The van der Waals surface area contributed by atoms with Gasteiger partial charge in [-0.25, -0.2) is 0 Å². The fraction of sp³-hybridized carbons (Fsp3) is 0.500. The predicted molar refractivity (Wildman–Crippen MR) is 27.1 cm³/mol. The van der Waals surface area contributed by atoms with E-state index in [-0.39, 0.29) is 41.9 Å². The van der Waals surface area contributed by atoms with Gasteiger partial charge in [0.05, 0.1) is 0 Å². The van der Waals surface area contributed by atoms with Crippen molar-refractivity contribution in [2.24, 2.45) is 0 Å². The van der Waals surface area contributed by atoms with Crippen LogP contribution in [0.2, 0.25) is 0 Å². The van der Waals surface area contributed by atoms with Crippen molar-refractivity contribution in [3.05, 3.63) is 0 Å². The van der Waals surface area contributed by atoms with Crippen LogP contribution in [-0.2, 0) is 9.59 Å². The summed E-state index contributed by atoms with van der Waals surface area (Å²) in [4.78, 5) is 17.8. The Kier molecular flexibility index (Phi) is 36.2. The molecule has 0 radical (unpaired) electrons. The van der Waals surface area contributed by atoms with E-state index >= 15 is 0 Å². The molecule has 0 aliphatic heterocycles. The van der Waals surface area contributed by atoms with E-state index in [0.717, 1.165) is 13.8 Å². The number of carboxylic acids is 2. The first kappa shape index (κ1) is 22.4. The van der Waals surface area contributed by atoms with Crippen LogP contribution in [0.1, 0.15) is 13.8 Å². The Hall–Kier alpha value is 0.304. The van der Waals surface area contributed by atoms with Crippen molar-refractivity contribution in [3.63, 3.8) is 0 Å². The van der Waals surface area contributed by atoms with E-state index in [2.05, 4.69) is 0 Å². The molecule has 0 aliphatic carbocycles. The molecule has 0 aromatic carbocycles. The molecule has 0 unspecified atom stereocenters. The minimum absolute atomic E-state index is 0. The Morgan fingerprint density at radius 1 is 1.00 bits per heavy atom. The van der Waals surface area contributed by atoms with Gasteiger partial charge in [0, 0.05) is 11.9 Å². The maximum absolute atomic E-state index is 8.89. The summed E-state index contributed by atoms with van der Waals surface area (Å²) < 4.78 is 0. The molecular formula is C4H6LiMgO4+. The van der Waals surface area contributed by atoms with Gasteiger partial charge in [-0.1, -0.05) is 0 Å². The molecule has 0 rings (SSSR count). The molecule has 0 aromatic rings. The summed E-state index contributed by atoms with van der Waals surface area (Å²) in [7, 11) is 0. The molecular weight excluding hydrogens is 143 g/mol. The van der Waals surface area contributed by atoms with Crippen molar-refractivity contribution < 1.29 is 38.7 Å². The minimum Gasteiger partial charge on any atom is -0.550 e. The van der Waals surface area contributed by atoms with Crippen molar-refractivity contribution in [1.29, 1.82) is 0 Å². The molecule has 0 N–H and O–H groups in total. The summed E-state index contributed by atoms with van der Waals surface area (Å²) in [6.45, 7) is 1.94. The topological polar surface area (TPSA) is 80.3 Å². The molecule has 0 aromatic heterocycles. The molecule has 0 heterocycles. The number of carbonyl (C=O) groups excluding carboxylic acids is 2. The molecule has 6 heteroatoms. The third kappa shape index (κ3) is 4800. The summed E-state index contributed by atoms with van der Waals surface area (Å²) in [5, 5.41) is 17.8. The summed E-state index contributed by atoms with van der Waals surface area (Å²) in [6.07, 6.45) is 0. The van der Waals surface area contributed by atoms with Crippen LogP contribution in [-0.4, -0.2) is 35.0 Å². The van der Waals surface area contributed by atoms with E-state index in [1.54, 1.807) is 0 Å². The summed E-state index contributed by atoms with van der Waals surface area (Å²) >= 11 is 0. The van der Waals surface area contributed by atoms with Crippen LogP contribution in [0.15, 0.2) is 0 Å². The van der Waals surface area contributed by atoms with Crippen LogP contribution in [0, 0.1) is 0 Å². The second-order valence-electron chi connectivity index (χ2n) is 0.983. The third-order valence-corrected chi connectivity index (χ3v) is 0. The monoisotopic (exact) mass is 149 g/mol. The normalized spacial score (nSPS) is 5.00. The third-order valence-electron chi connectivity index (χ3n) is 0. The number of hydrogen-bond acceptors (Lipinski definition) is 4. The van der Waals surface area contributed by atoms with E-state index in [1.165, 1.54) is 0 Å². The first-order valence-corrected chi connectivity index (χ1v) is 1.82. The van der Waals surface area contributed by atoms with Gasteiger partial charge in [0.2, 0.25) is 0 Å². The molecule has 0 aliphatic rings. The second-order valence-corrected chi connectivity index (χ2v) is 0.983. The molecule has 0 bridgehead atoms. The van der Waals surface area contributed by atoms with Gasteiger partial charge >= 0.3 is 41.9 Å². The maximum Gasteiger partial charge on any atom is 2.00 e. The van der Waals surface area contributed by atoms with Crippen LogP contribution >= 0.6 is 0 Å². The van der Waals surface area contributed by atoms with Crippen molar-refractivity contribution in [1.82, 2.24) is 0 Å². The Bertz CT molecular complexity index is 75.3. The molecule has 4 nitrogen and oxygen atoms in total. The van der Waals surface area contributed by atoms with Gasteiger partial charge < -0.3 is 19.8 Å². The zero-order valence-corrected chi connectivity index (χ0v) is 7.75. The summed E-state index contributed by atoms with van der Waals surface area (Å²) in [5.41, 5.74) is 0. The molecule has 0 amide bonds. The van der Waals surface area contributed by atoms with Gasteiger partial charge in [-0.05, 0) is 13.8 Å². The fourth-order valence-electron chi connectivity index (χ4n) is 0. The Morgan fingerprint density at radius 2 is 1.00 bits per heavy atom. The number of carbonyl (C=O) groups is 2. The zero-order chi connectivity index (χ0) is 7.15. The van der Waals surface area contributed by atoms with Gasteiger partial charge in [0.25, 0.3) is 0 Å². The van der Waals surface area contributed by atoms with Gasteiger partial charge in [0.15, 0.2) is 0 Å². The van der Waals surface area contributed by atoms with Crippen LogP contribution < -0.4 is 29.1 Å². The van der Waals surface area contributed by atoms with Gasteiger partial charge in [-0.3, -0.25) is 0 Å². The van der Waals surface area contributed by atoms with Crippen LogP contribution in [0.3, 0.4) is 0 Å². The summed E-state index contributed by atoms with van der Waals surface area (Å²) in [6, 6.07) is 0. The fourth-order valence-corrected chi connectivity index (χ4v) is 0. The second kappa shape index (κ2) is 16.1. The standard InChI is InChI=1S/2C2H4O2.Li.Mg/c2*1-2(3)4;;/h2*1H3,(H,3,4);;/q;;+1;+2/p-2. The van der Waals surface area contributed by atoms with Crippen molar-refractivity contribution >= 4 is 35.0 Å². The Labute approximate surface area is 87.3 Å². The van der Waals surface area contributed by atoms with Gasteiger partial charge in [0.1, 0.15) is 0 Å². The zero-order valence-electron chi connectivity index (χ0n) is 6.34. The largest absolute Gasteiger partial charge is 2.00 e. The number of carboxylic acid groups (broad SMARTS) is 2. The molecule has 0 saturated carbocycles. The smallest absolute Gasteiger partial charge is 0.550 e. The van der Waals surface area contributed by atoms with E-state index in [9.17, 15) is 0 Å². The molecule has 0 spiro atoms. The van der Waals surface area contributed by atoms with Crippen LogP contribution in [0.25, 0.3) is 0 Å². The van der Waals surface area contributed by atoms with E-state index in [0.29, 0.717) is 0 Å².